The summed E-state index contributed by atoms with van der Waals surface area (Å²) in [6.45, 7) is 2.28. The quantitative estimate of drug-likeness (QED) is 0.467. The van der Waals surface area contributed by atoms with Crippen molar-refractivity contribution in [3.63, 3.8) is 0 Å². The minimum atomic E-state index is 0.0379. The molecule has 6 heteroatoms. The summed E-state index contributed by atoms with van der Waals surface area (Å²) in [4.78, 5) is 29.2. The maximum atomic E-state index is 12.7. The standard InChI is InChI=1S/C26H27ClN2O3/c1-28(17-23-11-12-24(32-23)19-7-9-22(27)10-8-19)25(30)18-29-15-13-21(14-16-29)26(31)20-5-3-2-4-6-20/h2-12,21H,13-18H2,1H3. The van der Waals surface area contributed by atoms with Crippen LogP contribution in [0.3, 0.4) is 0 Å². The molecule has 4 rings (SSSR count). The van der Waals surface area contributed by atoms with Gasteiger partial charge in [-0.15, -0.1) is 0 Å². The first kappa shape index (κ1) is 22.3. The Kier molecular flexibility index (Phi) is 7.08. The lowest BCUT2D eigenvalue weighted by Gasteiger charge is -2.31. The lowest BCUT2D eigenvalue weighted by Crippen LogP contribution is -2.43. The van der Waals surface area contributed by atoms with Gasteiger partial charge in [-0.05, 0) is 62.3 Å². The number of halogens is 1. The molecule has 0 radical (unpaired) electrons. The van der Waals surface area contributed by atoms with Crippen LogP contribution >= 0.6 is 11.6 Å². The van der Waals surface area contributed by atoms with Crippen molar-refractivity contribution in [1.29, 1.82) is 0 Å². The van der Waals surface area contributed by atoms with E-state index in [0.717, 1.165) is 48.6 Å². The Labute approximate surface area is 193 Å². The van der Waals surface area contributed by atoms with Gasteiger partial charge in [-0.25, -0.2) is 0 Å². The van der Waals surface area contributed by atoms with E-state index in [1.165, 1.54) is 0 Å². The van der Waals surface area contributed by atoms with Crippen LogP contribution in [0.4, 0.5) is 0 Å². The predicted octanol–water partition coefficient (Wildman–Crippen LogP) is 5.15. The molecule has 0 aliphatic carbocycles. The average Bonchev–Trinajstić information content (AvgIpc) is 3.28. The van der Waals surface area contributed by atoms with Crippen LogP contribution < -0.4 is 0 Å². The van der Waals surface area contributed by atoms with E-state index in [1.807, 2.05) is 66.7 Å². The molecule has 166 valence electrons. The molecular weight excluding hydrogens is 424 g/mol. The SMILES string of the molecule is CN(Cc1ccc(-c2ccc(Cl)cc2)o1)C(=O)CN1CCC(C(=O)c2ccccc2)CC1. The number of hydrogen-bond acceptors (Lipinski definition) is 4. The van der Waals surface area contributed by atoms with Crippen LogP contribution in [-0.2, 0) is 11.3 Å². The Bertz CT molecular complexity index is 1050. The minimum Gasteiger partial charge on any atom is -0.459 e. The number of ketones is 1. The molecule has 1 aliphatic rings. The van der Waals surface area contributed by atoms with Gasteiger partial charge in [0.15, 0.2) is 5.78 Å². The lowest BCUT2D eigenvalue weighted by atomic mass is 9.89. The molecule has 0 unspecified atom stereocenters. The second-order valence-corrected chi connectivity index (χ2v) is 8.74. The van der Waals surface area contributed by atoms with Crippen molar-refractivity contribution in [1.82, 2.24) is 9.80 Å². The second-order valence-electron chi connectivity index (χ2n) is 8.30. The summed E-state index contributed by atoms with van der Waals surface area (Å²) in [5, 5.41) is 0.680. The number of carbonyl (C=O) groups excluding carboxylic acids is 2. The summed E-state index contributed by atoms with van der Waals surface area (Å²) in [5.74, 6) is 1.78. The Morgan fingerprint density at radius 1 is 1.00 bits per heavy atom. The van der Waals surface area contributed by atoms with Crippen molar-refractivity contribution < 1.29 is 14.0 Å². The van der Waals surface area contributed by atoms with Gasteiger partial charge in [-0.3, -0.25) is 14.5 Å². The largest absolute Gasteiger partial charge is 0.459 e. The van der Waals surface area contributed by atoms with E-state index in [9.17, 15) is 9.59 Å². The van der Waals surface area contributed by atoms with E-state index in [4.69, 9.17) is 16.0 Å². The topological polar surface area (TPSA) is 53.8 Å². The van der Waals surface area contributed by atoms with Crippen molar-refractivity contribution in [2.24, 2.45) is 5.92 Å². The van der Waals surface area contributed by atoms with E-state index in [0.29, 0.717) is 18.1 Å². The van der Waals surface area contributed by atoms with Crippen molar-refractivity contribution in [2.75, 3.05) is 26.7 Å². The van der Waals surface area contributed by atoms with Gasteiger partial charge in [-0.1, -0.05) is 41.9 Å². The maximum Gasteiger partial charge on any atom is 0.236 e. The van der Waals surface area contributed by atoms with Gasteiger partial charge in [0.25, 0.3) is 0 Å². The number of furan rings is 1. The zero-order valence-electron chi connectivity index (χ0n) is 18.2. The highest BCUT2D eigenvalue weighted by Gasteiger charge is 2.27. The molecule has 0 atom stereocenters. The van der Waals surface area contributed by atoms with E-state index in [2.05, 4.69) is 4.90 Å². The van der Waals surface area contributed by atoms with E-state index in [-0.39, 0.29) is 17.6 Å². The van der Waals surface area contributed by atoms with Gasteiger partial charge in [0, 0.05) is 29.1 Å². The van der Waals surface area contributed by atoms with Crippen molar-refractivity contribution in [3.05, 3.63) is 83.1 Å². The molecule has 1 saturated heterocycles. The fourth-order valence-electron chi connectivity index (χ4n) is 4.06. The highest BCUT2D eigenvalue weighted by atomic mass is 35.5. The zero-order chi connectivity index (χ0) is 22.5. The maximum absolute atomic E-state index is 12.7. The molecule has 32 heavy (non-hydrogen) atoms. The second kappa shape index (κ2) is 10.2. The lowest BCUT2D eigenvalue weighted by molar-refractivity contribution is -0.132. The van der Waals surface area contributed by atoms with Crippen LogP contribution in [0.15, 0.2) is 71.1 Å². The normalized spacial score (nSPS) is 14.9. The molecule has 2 aromatic carbocycles. The first-order valence-corrected chi connectivity index (χ1v) is 11.3. The first-order chi connectivity index (χ1) is 15.5. The fourth-order valence-corrected chi connectivity index (χ4v) is 4.18. The van der Waals surface area contributed by atoms with Gasteiger partial charge in [-0.2, -0.15) is 0 Å². The third-order valence-corrected chi connectivity index (χ3v) is 6.24. The van der Waals surface area contributed by atoms with Crippen molar-refractivity contribution in [2.45, 2.75) is 19.4 Å². The highest BCUT2D eigenvalue weighted by molar-refractivity contribution is 6.30. The Hall–Kier alpha value is -2.89. The zero-order valence-corrected chi connectivity index (χ0v) is 18.9. The Morgan fingerprint density at radius 3 is 2.38 bits per heavy atom. The number of Topliss-reactive ketones (excluding diaryl/α,β-unsaturated/α-hetero) is 1. The van der Waals surface area contributed by atoms with Gasteiger partial charge in [0.2, 0.25) is 5.91 Å². The van der Waals surface area contributed by atoms with Crippen molar-refractivity contribution in [3.8, 4) is 11.3 Å². The molecule has 0 spiro atoms. The first-order valence-electron chi connectivity index (χ1n) is 10.9. The van der Waals surface area contributed by atoms with Gasteiger partial charge >= 0.3 is 0 Å². The number of rotatable bonds is 7. The molecular formula is C26H27ClN2O3. The summed E-state index contributed by atoms with van der Waals surface area (Å²) in [7, 11) is 1.79. The molecule has 1 amide bonds. The molecule has 1 fully saturated rings. The van der Waals surface area contributed by atoms with Crippen LogP contribution in [0.2, 0.25) is 5.02 Å². The monoisotopic (exact) mass is 450 g/mol. The van der Waals surface area contributed by atoms with E-state index >= 15 is 0 Å². The van der Waals surface area contributed by atoms with E-state index < -0.39 is 0 Å². The molecule has 0 N–H and O–H groups in total. The van der Waals surface area contributed by atoms with Crippen LogP contribution in [0.25, 0.3) is 11.3 Å². The Morgan fingerprint density at radius 2 is 1.69 bits per heavy atom. The summed E-state index contributed by atoms with van der Waals surface area (Å²) in [6.07, 6.45) is 1.57. The van der Waals surface area contributed by atoms with Crippen LogP contribution in [-0.4, -0.2) is 48.2 Å². The van der Waals surface area contributed by atoms with Crippen LogP contribution in [0, 0.1) is 5.92 Å². The number of amides is 1. The molecule has 0 bridgehead atoms. The van der Waals surface area contributed by atoms with Crippen LogP contribution in [0.5, 0.6) is 0 Å². The third kappa shape index (κ3) is 5.47. The number of likely N-dealkylation sites (N-methyl/N-ethyl adjacent to an activating group) is 1. The summed E-state index contributed by atoms with van der Waals surface area (Å²) in [5.41, 5.74) is 1.72. The molecule has 0 saturated carbocycles. The molecule has 5 nitrogen and oxygen atoms in total. The summed E-state index contributed by atoms with van der Waals surface area (Å²) >= 11 is 5.94. The molecule has 1 aliphatic heterocycles. The predicted molar refractivity (Wildman–Crippen MR) is 126 cm³/mol. The van der Waals surface area contributed by atoms with Gasteiger partial charge in [0.05, 0.1) is 13.1 Å². The van der Waals surface area contributed by atoms with Crippen LogP contribution in [0.1, 0.15) is 29.0 Å². The Balaban J connectivity index is 1.26. The molecule has 2 heterocycles. The summed E-state index contributed by atoms with van der Waals surface area (Å²) in [6, 6.07) is 20.7. The number of nitrogens with zero attached hydrogens (tertiary/aromatic N) is 2. The highest BCUT2D eigenvalue weighted by Crippen LogP contribution is 2.25. The fraction of sp³-hybridized carbons (Fsp3) is 0.308. The molecule has 3 aromatic rings. The third-order valence-electron chi connectivity index (χ3n) is 5.98. The number of likely N-dealkylation sites (tertiary alicyclic amines) is 1. The smallest absolute Gasteiger partial charge is 0.236 e. The number of piperidine rings is 1. The number of hydrogen-bond donors (Lipinski definition) is 0. The average molecular weight is 451 g/mol. The molecule has 1 aromatic heterocycles. The van der Waals surface area contributed by atoms with E-state index in [1.54, 1.807) is 11.9 Å². The number of benzene rings is 2. The van der Waals surface area contributed by atoms with Crippen molar-refractivity contribution >= 4 is 23.3 Å². The summed E-state index contributed by atoms with van der Waals surface area (Å²) < 4.78 is 5.91. The minimum absolute atomic E-state index is 0.0379. The van der Waals surface area contributed by atoms with Gasteiger partial charge in [0.1, 0.15) is 11.5 Å². The van der Waals surface area contributed by atoms with Gasteiger partial charge < -0.3 is 9.32 Å². The number of carbonyl (C=O) groups is 2.